The van der Waals surface area contributed by atoms with Crippen LogP contribution in [0.15, 0.2) is 23.1 Å². The van der Waals surface area contributed by atoms with E-state index in [4.69, 9.17) is 4.74 Å². The Labute approximate surface area is 207 Å². The molecule has 0 bridgehead atoms. The van der Waals surface area contributed by atoms with E-state index in [-0.39, 0.29) is 5.56 Å². The molecule has 8 heteroatoms. The number of fused-ring (bicyclic) bond motifs is 2. The Kier molecular flexibility index (Phi) is 5.90. The van der Waals surface area contributed by atoms with Crippen molar-refractivity contribution in [2.45, 2.75) is 62.9 Å². The first kappa shape index (κ1) is 22.8. The minimum absolute atomic E-state index is 0.244. The average Bonchev–Trinajstić information content (AvgIpc) is 3.40. The number of hydrogen-bond acceptors (Lipinski definition) is 6. The smallest absolute Gasteiger partial charge is 0.341 e. The molecular formula is C27H31N3O4S. The number of carboxylic acids is 1. The molecular weight excluding hydrogens is 462 g/mol. The molecule has 0 amide bonds. The Balaban J connectivity index is 1.38. The molecule has 1 saturated carbocycles. The molecule has 4 N–H and O–H groups in total. The number of aromatic carboxylic acids is 1. The number of carbonyl (C=O) groups is 1. The topological polar surface area (TPSA) is 103 Å². The number of thiophene rings is 1. The van der Waals surface area contributed by atoms with Gasteiger partial charge in [0.1, 0.15) is 5.56 Å². The summed E-state index contributed by atoms with van der Waals surface area (Å²) in [6.45, 7) is 2.17. The second kappa shape index (κ2) is 9.08. The molecule has 1 aliphatic heterocycles. The predicted molar refractivity (Wildman–Crippen MR) is 138 cm³/mol. The molecule has 3 aromatic rings. The number of methoxy groups -OCH3 is 1. The number of aryl methyl sites for hydroxylation is 1. The number of carboxylic acid groups (broad SMARTS) is 1. The van der Waals surface area contributed by atoms with E-state index in [1.807, 2.05) is 17.4 Å². The minimum atomic E-state index is -1.22. The van der Waals surface area contributed by atoms with Gasteiger partial charge in [-0.3, -0.25) is 4.79 Å². The number of aromatic nitrogens is 1. The molecule has 1 aromatic carbocycles. The number of aromatic amines is 1. The van der Waals surface area contributed by atoms with Gasteiger partial charge < -0.3 is 25.5 Å². The van der Waals surface area contributed by atoms with Gasteiger partial charge in [0.05, 0.1) is 18.0 Å². The van der Waals surface area contributed by atoms with Crippen molar-refractivity contribution in [2.75, 3.05) is 20.2 Å². The molecule has 2 atom stereocenters. The van der Waals surface area contributed by atoms with Crippen molar-refractivity contribution >= 4 is 28.2 Å². The highest BCUT2D eigenvalue weighted by molar-refractivity contribution is 7.15. The monoisotopic (exact) mass is 493 g/mol. The summed E-state index contributed by atoms with van der Waals surface area (Å²) in [5.41, 5.74) is 3.42. The molecule has 1 saturated heterocycles. The van der Waals surface area contributed by atoms with Crippen molar-refractivity contribution < 1.29 is 14.6 Å². The molecule has 3 heterocycles. The number of nitrogens with one attached hydrogen (secondary N) is 3. The lowest BCUT2D eigenvalue weighted by Crippen LogP contribution is -2.41. The molecule has 0 radical (unpaired) electrons. The Morgan fingerprint density at radius 3 is 2.83 bits per heavy atom. The van der Waals surface area contributed by atoms with E-state index in [1.165, 1.54) is 34.4 Å². The fourth-order valence-corrected chi connectivity index (χ4v) is 7.02. The summed E-state index contributed by atoms with van der Waals surface area (Å²) in [6.07, 6.45) is 9.22. The van der Waals surface area contributed by atoms with Crippen LogP contribution in [0.25, 0.3) is 21.3 Å². The standard InChI is InChI=1S/C27H31N3O4S/c1-34-26-23(18(14-4-5-14)11-19-24(26)30-13-20(25(19)31)27(32)33)22-10-15-9-16(6-7-21(15)35-22)29-12-17-3-2-8-28-17/h10-11,13-14,16-17,28-29H,2-9,12H2,1H3,(H,30,31)(H,32,33). The van der Waals surface area contributed by atoms with E-state index < -0.39 is 11.4 Å². The number of pyridine rings is 1. The van der Waals surface area contributed by atoms with Crippen LogP contribution in [0.4, 0.5) is 0 Å². The number of rotatable bonds is 7. The molecule has 6 rings (SSSR count). The maximum absolute atomic E-state index is 13.0. The second-order valence-electron chi connectivity index (χ2n) is 10.1. The van der Waals surface area contributed by atoms with Crippen LogP contribution < -0.4 is 20.8 Å². The molecule has 2 aliphatic carbocycles. The maximum Gasteiger partial charge on any atom is 0.341 e. The van der Waals surface area contributed by atoms with Crippen molar-refractivity contribution in [3.8, 4) is 16.2 Å². The van der Waals surface area contributed by atoms with E-state index in [0.717, 1.165) is 56.3 Å². The van der Waals surface area contributed by atoms with Crippen molar-refractivity contribution in [1.82, 2.24) is 15.6 Å². The third kappa shape index (κ3) is 4.17. The van der Waals surface area contributed by atoms with Crippen LogP contribution in [-0.4, -0.2) is 48.3 Å². The third-order valence-corrected chi connectivity index (χ3v) is 9.01. The molecule has 7 nitrogen and oxygen atoms in total. The zero-order chi connectivity index (χ0) is 24.1. The van der Waals surface area contributed by atoms with Crippen LogP contribution >= 0.6 is 11.3 Å². The highest BCUT2D eigenvalue weighted by atomic mass is 32.1. The Bertz CT molecular complexity index is 1350. The maximum atomic E-state index is 13.0. The first-order chi connectivity index (χ1) is 17.0. The van der Waals surface area contributed by atoms with Gasteiger partial charge in [0, 0.05) is 40.1 Å². The van der Waals surface area contributed by atoms with Crippen molar-refractivity contribution in [1.29, 1.82) is 0 Å². The highest BCUT2D eigenvalue weighted by Crippen LogP contribution is 2.51. The van der Waals surface area contributed by atoms with Crippen LogP contribution in [0.1, 0.15) is 64.4 Å². The largest absolute Gasteiger partial charge is 0.494 e. The number of H-pyrrole nitrogens is 1. The molecule has 184 valence electrons. The van der Waals surface area contributed by atoms with Crippen LogP contribution in [0.2, 0.25) is 0 Å². The summed E-state index contributed by atoms with van der Waals surface area (Å²) in [7, 11) is 1.63. The minimum Gasteiger partial charge on any atom is -0.494 e. The number of ether oxygens (including phenoxy) is 1. The van der Waals surface area contributed by atoms with Gasteiger partial charge in [0.2, 0.25) is 5.43 Å². The molecule has 2 unspecified atom stereocenters. The van der Waals surface area contributed by atoms with Gasteiger partial charge in [-0.25, -0.2) is 4.79 Å². The van der Waals surface area contributed by atoms with Gasteiger partial charge in [-0.2, -0.15) is 0 Å². The fraction of sp³-hybridized carbons (Fsp3) is 0.481. The average molecular weight is 494 g/mol. The van der Waals surface area contributed by atoms with E-state index in [0.29, 0.717) is 34.7 Å². The quantitative estimate of drug-likeness (QED) is 0.396. The van der Waals surface area contributed by atoms with Crippen LogP contribution in [0, 0.1) is 0 Å². The summed E-state index contributed by atoms with van der Waals surface area (Å²) in [5.74, 6) is -0.204. The second-order valence-corrected chi connectivity index (χ2v) is 11.2. The third-order valence-electron chi connectivity index (χ3n) is 7.76. The van der Waals surface area contributed by atoms with Gasteiger partial charge in [-0.05, 0) is 80.7 Å². The van der Waals surface area contributed by atoms with E-state index in [9.17, 15) is 14.7 Å². The SMILES string of the molecule is COc1c(-c2cc3c(s2)CCC(NCC2CCCN2)C3)c(C2CC2)cc2c(=O)c(C(=O)O)c[nH]c12. The van der Waals surface area contributed by atoms with Gasteiger partial charge in [-0.15, -0.1) is 11.3 Å². The van der Waals surface area contributed by atoms with E-state index in [1.54, 1.807) is 7.11 Å². The Morgan fingerprint density at radius 1 is 1.26 bits per heavy atom. The zero-order valence-electron chi connectivity index (χ0n) is 19.9. The van der Waals surface area contributed by atoms with Crippen LogP contribution in [0.5, 0.6) is 5.75 Å². The first-order valence-electron chi connectivity index (χ1n) is 12.6. The summed E-state index contributed by atoms with van der Waals surface area (Å²) in [4.78, 5) is 30.2. The fourth-order valence-electron chi connectivity index (χ4n) is 5.75. The van der Waals surface area contributed by atoms with Crippen molar-refractivity contribution in [2.24, 2.45) is 0 Å². The van der Waals surface area contributed by atoms with E-state index in [2.05, 4.69) is 21.7 Å². The predicted octanol–water partition coefficient (Wildman–Crippen LogP) is 4.04. The zero-order valence-corrected chi connectivity index (χ0v) is 20.7. The van der Waals surface area contributed by atoms with Crippen molar-refractivity contribution in [3.05, 3.63) is 50.1 Å². The lowest BCUT2D eigenvalue weighted by atomic mass is 9.92. The van der Waals surface area contributed by atoms with E-state index >= 15 is 0 Å². The molecule has 2 aromatic heterocycles. The Hall–Kier alpha value is -2.68. The molecule has 3 aliphatic rings. The van der Waals surface area contributed by atoms with Crippen molar-refractivity contribution in [3.63, 3.8) is 0 Å². The first-order valence-corrected chi connectivity index (χ1v) is 13.4. The Morgan fingerprint density at radius 2 is 2.11 bits per heavy atom. The number of hydrogen-bond donors (Lipinski definition) is 4. The van der Waals surface area contributed by atoms with Gasteiger partial charge in [0.15, 0.2) is 5.75 Å². The lowest BCUT2D eigenvalue weighted by molar-refractivity contribution is 0.0695. The molecule has 2 fully saturated rings. The highest BCUT2D eigenvalue weighted by Gasteiger charge is 2.32. The number of benzene rings is 1. The molecule has 35 heavy (non-hydrogen) atoms. The van der Waals surface area contributed by atoms with Gasteiger partial charge in [-0.1, -0.05) is 0 Å². The van der Waals surface area contributed by atoms with Crippen LogP contribution in [-0.2, 0) is 12.8 Å². The summed E-state index contributed by atoms with van der Waals surface area (Å²) < 4.78 is 5.91. The summed E-state index contributed by atoms with van der Waals surface area (Å²) in [5, 5.41) is 17.2. The lowest BCUT2D eigenvalue weighted by Gasteiger charge is -2.25. The van der Waals surface area contributed by atoms with Gasteiger partial charge >= 0.3 is 5.97 Å². The van der Waals surface area contributed by atoms with Gasteiger partial charge in [0.25, 0.3) is 0 Å². The van der Waals surface area contributed by atoms with Crippen LogP contribution in [0.3, 0.4) is 0 Å². The molecule has 0 spiro atoms. The summed E-state index contributed by atoms with van der Waals surface area (Å²) in [6, 6.07) is 5.33. The summed E-state index contributed by atoms with van der Waals surface area (Å²) >= 11 is 1.84. The normalized spacial score (nSPS) is 21.9.